The van der Waals surface area contributed by atoms with Gasteiger partial charge in [0, 0.05) is 40.4 Å². The summed E-state index contributed by atoms with van der Waals surface area (Å²) in [7, 11) is 0. The van der Waals surface area contributed by atoms with Crippen molar-refractivity contribution in [3.05, 3.63) is 76.0 Å². The Morgan fingerprint density at radius 2 is 1.78 bits per heavy atom. The molecule has 3 atom stereocenters. The number of benzene rings is 2. The molecule has 0 aliphatic carbocycles. The third-order valence-electron chi connectivity index (χ3n) is 7.45. The van der Waals surface area contributed by atoms with Gasteiger partial charge in [-0.3, -0.25) is 4.79 Å². The third kappa shape index (κ3) is 3.16. The fourth-order valence-corrected chi connectivity index (χ4v) is 6.18. The lowest BCUT2D eigenvalue weighted by Gasteiger charge is -2.36. The summed E-state index contributed by atoms with van der Waals surface area (Å²) in [5, 5.41) is 0. The van der Waals surface area contributed by atoms with Crippen molar-refractivity contribution >= 4 is 21.8 Å². The number of carbonyl (C=O) groups excluding carboxylic acids is 1. The highest BCUT2D eigenvalue weighted by Crippen LogP contribution is 2.51. The van der Waals surface area contributed by atoms with Crippen LogP contribution >= 0.6 is 15.9 Å². The smallest absolute Gasteiger partial charge is 0.223 e. The highest BCUT2D eigenvalue weighted by molar-refractivity contribution is 9.10. The van der Waals surface area contributed by atoms with Crippen LogP contribution in [0.15, 0.2) is 59.2 Å². The number of hydrogen-bond acceptors (Lipinski definition) is 2. The molecule has 0 spiro atoms. The lowest BCUT2D eigenvalue weighted by Crippen LogP contribution is -2.41. The van der Waals surface area contributed by atoms with Crippen molar-refractivity contribution in [1.29, 1.82) is 0 Å². The topological polar surface area (TPSA) is 38.1 Å². The lowest BCUT2D eigenvalue weighted by molar-refractivity contribution is -0.133. The summed E-state index contributed by atoms with van der Waals surface area (Å²) >= 11 is 3.60. The minimum Gasteiger partial charge on any atom is -0.337 e. The van der Waals surface area contributed by atoms with Crippen LogP contribution in [-0.2, 0) is 16.8 Å². The standard InChI is InChI=1S/C27H30BrN3O/c1-4-22-17-29-26-23-7-5-6-8-24(23)27(31(22)26,20-11-13-21(28)14-12-20)16-15-25(32)30-18(2)9-10-19(30)3/h5-8,11-14,17-19H,4,9-10,15-16H2,1-3H3. The number of carbonyl (C=O) groups is 1. The average Bonchev–Trinajstić information content (AvgIpc) is 3.45. The molecule has 32 heavy (non-hydrogen) atoms. The molecular weight excluding hydrogens is 462 g/mol. The summed E-state index contributed by atoms with van der Waals surface area (Å²) < 4.78 is 3.46. The van der Waals surface area contributed by atoms with Gasteiger partial charge in [0.2, 0.25) is 5.91 Å². The van der Waals surface area contributed by atoms with E-state index in [1.165, 1.54) is 22.4 Å². The fraction of sp³-hybridized carbons (Fsp3) is 0.407. The van der Waals surface area contributed by atoms with Crippen LogP contribution < -0.4 is 0 Å². The zero-order valence-electron chi connectivity index (χ0n) is 19.0. The van der Waals surface area contributed by atoms with Gasteiger partial charge in [0.25, 0.3) is 0 Å². The molecule has 5 rings (SSSR count). The second-order valence-corrected chi connectivity index (χ2v) is 10.2. The van der Waals surface area contributed by atoms with E-state index in [0.29, 0.717) is 18.5 Å². The first kappa shape index (κ1) is 21.4. The van der Waals surface area contributed by atoms with E-state index in [0.717, 1.165) is 36.0 Å². The molecule has 0 saturated carbocycles. The number of aromatic nitrogens is 2. The third-order valence-corrected chi connectivity index (χ3v) is 7.98. The summed E-state index contributed by atoms with van der Waals surface area (Å²) in [6.45, 7) is 6.54. The number of aryl methyl sites for hydroxylation is 1. The minimum absolute atomic E-state index is 0.267. The van der Waals surface area contributed by atoms with Crippen molar-refractivity contribution in [3.8, 4) is 11.4 Å². The Kier molecular flexibility index (Phi) is 5.48. The second kappa shape index (κ2) is 8.18. The van der Waals surface area contributed by atoms with E-state index >= 15 is 0 Å². The molecule has 5 heteroatoms. The van der Waals surface area contributed by atoms with Crippen LogP contribution in [-0.4, -0.2) is 32.4 Å². The Hall–Kier alpha value is -2.40. The van der Waals surface area contributed by atoms with E-state index in [1.807, 2.05) is 6.20 Å². The maximum atomic E-state index is 13.5. The first-order valence-corrected chi connectivity index (χ1v) is 12.5. The molecule has 2 aromatic carbocycles. The molecule has 3 aromatic rings. The maximum Gasteiger partial charge on any atom is 0.223 e. The zero-order valence-corrected chi connectivity index (χ0v) is 20.6. The largest absolute Gasteiger partial charge is 0.337 e. The first-order valence-electron chi connectivity index (χ1n) is 11.7. The van der Waals surface area contributed by atoms with Gasteiger partial charge in [-0.05, 0) is 62.8 Å². The molecular formula is C27H30BrN3O. The van der Waals surface area contributed by atoms with Crippen LogP contribution in [0.2, 0.25) is 0 Å². The van der Waals surface area contributed by atoms with Gasteiger partial charge < -0.3 is 9.47 Å². The van der Waals surface area contributed by atoms with E-state index in [4.69, 9.17) is 4.98 Å². The second-order valence-electron chi connectivity index (χ2n) is 9.25. The van der Waals surface area contributed by atoms with Crippen LogP contribution in [0, 0.1) is 0 Å². The van der Waals surface area contributed by atoms with Gasteiger partial charge in [0.15, 0.2) is 0 Å². The SMILES string of the molecule is CCc1cnc2n1C(CCC(=O)N1C(C)CCC1C)(c1ccc(Br)cc1)c1ccccc1-2. The van der Waals surface area contributed by atoms with Crippen molar-refractivity contribution < 1.29 is 4.79 Å². The fourth-order valence-electron chi connectivity index (χ4n) is 5.92. The molecule has 3 unspecified atom stereocenters. The van der Waals surface area contributed by atoms with Gasteiger partial charge in [0.1, 0.15) is 5.82 Å². The average molecular weight is 492 g/mol. The summed E-state index contributed by atoms with van der Waals surface area (Å²) in [5.41, 5.74) is 4.39. The molecule has 3 heterocycles. The van der Waals surface area contributed by atoms with Crippen molar-refractivity contribution in [3.63, 3.8) is 0 Å². The van der Waals surface area contributed by atoms with Gasteiger partial charge in [0.05, 0.1) is 5.54 Å². The van der Waals surface area contributed by atoms with Crippen LogP contribution in [0.4, 0.5) is 0 Å². The molecule has 1 amide bonds. The van der Waals surface area contributed by atoms with E-state index in [2.05, 4.69) is 94.7 Å². The number of hydrogen-bond donors (Lipinski definition) is 0. The summed E-state index contributed by atoms with van der Waals surface area (Å²) in [6.07, 6.45) is 6.33. The quantitative estimate of drug-likeness (QED) is 0.428. The predicted octanol–water partition coefficient (Wildman–Crippen LogP) is 6.16. The van der Waals surface area contributed by atoms with E-state index in [-0.39, 0.29) is 5.91 Å². The normalized spacial score (nSPS) is 23.9. The van der Waals surface area contributed by atoms with Crippen molar-refractivity contribution in [1.82, 2.24) is 14.5 Å². The molecule has 2 aliphatic heterocycles. The number of amides is 1. The molecule has 1 saturated heterocycles. The number of rotatable bonds is 5. The molecule has 1 fully saturated rings. The van der Waals surface area contributed by atoms with Crippen LogP contribution in [0.1, 0.15) is 63.3 Å². The Labute approximate surface area is 198 Å². The van der Waals surface area contributed by atoms with Crippen LogP contribution in [0.5, 0.6) is 0 Å². The number of imidazole rings is 1. The van der Waals surface area contributed by atoms with Crippen LogP contribution in [0.3, 0.4) is 0 Å². The molecule has 0 N–H and O–H groups in total. The van der Waals surface area contributed by atoms with Crippen molar-refractivity contribution in [2.45, 2.75) is 70.5 Å². The van der Waals surface area contributed by atoms with Crippen molar-refractivity contribution in [2.75, 3.05) is 0 Å². The minimum atomic E-state index is -0.434. The first-order chi connectivity index (χ1) is 15.5. The summed E-state index contributed by atoms with van der Waals surface area (Å²) in [5.74, 6) is 1.28. The summed E-state index contributed by atoms with van der Waals surface area (Å²) in [6, 6.07) is 17.8. The van der Waals surface area contributed by atoms with E-state index < -0.39 is 5.54 Å². The van der Waals surface area contributed by atoms with Gasteiger partial charge in [-0.2, -0.15) is 0 Å². The molecule has 0 bridgehead atoms. The number of halogens is 1. The Bertz CT molecular complexity index is 1140. The zero-order chi connectivity index (χ0) is 22.5. The Balaban J connectivity index is 1.65. The van der Waals surface area contributed by atoms with Crippen LogP contribution in [0.25, 0.3) is 11.4 Å². The number of fused-ring (bicyclic) bond motifs is 3. The Morgan fingerprint density at radius 3 is 2.47 bits per heavy atom. The monoisotopic (exact) mass is 491 g/mol. The van der Waals surface area contributed by atoms with Crippen molar-refractivity contribution in [2.24, 2.45) is 0 Å². The molecule has 1 aromatic heterocycles. The van der Waals surface area contributed by atoms with Gasteiger partial charge in [-0.25, -0.2) is 4.98 Å². The van der Waals surface area contributed by atoms with E-state index in [9.17, 15) is 4.79 Å². The molecule has 0 radical (unpaired) electrons. The van der Waals surface area contributed by atoms with E-state index in [1.54, 1.807) is 0 Å². The number of likely N-dealkylation sites (tertiary alicyclic amines) is 1. The lowest BCUT2D eigenvalue weighted by atomic mass is 9.78. The van der Waals surface area contributed by atoms with Gasteiger partial charge in [-0.1, -0.05) is 59.3 Å². The highest BCUT2D eigenvalue weighted by atomic mass is 79.9. The maximum absolute atomic E-state index is 13.5. The molecule has 166 valence electrons. The molecule has 2 aliphatic rings. The molecule has 4 nitrogen and oxygen atoms in total. The van der Waals surface area contributed by atoms with Gasteiger partial charge in [-0.15, -0.1) is 0 Å². The highest BCUT2D eigenvalue weighted by Gasteiger charge is 2.46. The Morgan fingerprint density at radius 1 is 1.09 bits per heavy atom. The predicted molar refractivity (Wildman–Crippen MR) is 132 cm³/mol. The van der Waals surface area contributed by atoms with Gasteiger partial charge >= 0.3 is 0 Å². The number of nitrogens with zero attached hydrogens (tertiary/aromatic N) is 3. The summed E-state index contributed by atoms with van der Waals surface area (Å²) in [4.78, 5) is 20.4.